The minimum Gasteiger partial charge on any atom is -0.480 e. The summed E-state index contributed by atoms with van der Waals surface area (Å²) in [6.45, 7) is 3.20. The molecule has 2 amide bonds. The highest BCUT2D eigenvalue weighted by atomic mass is 16.5. The van der Waals surface area contributed by atoms with E-state index in [4.69, 9.17) is 9.84 Å². The van der Waals surface area contributed by atoms with E-state index in [0.717, 1.165) is 0 Å². The molecule has 0 saturated carbocycles. The maximum absolute atomic E-state index is 12.1. The standard InChI is InChI=1S/C14H26N2O5/c1-14(20)6-4-8-16(9-7-14)13(19)15-11(12(17)18)5-3-10-21-2/h11,20H,3-10H2,1-2H3,(H,15,19)(H,17,18). The molecule has 2 unspecified atom stereocenters. The lowest BCUT2D eigenvalue weighted by Crippen LogP contribution is -2.48. The van der Waals surface area contributed by atoms with Crippen molar-refractivity contribution in [3.8, 4) is 0 Å². The minimum absolute atomic E-state index is 0.334. The van der Waals surface area contributed by atoms with Crippen molar-refractivity contribution in [2.75, 3.05) is 26.8 Å². The molecule has 0 aliphatic carbocycles. The highest BCUT2D eigenvalue weighted by Gasteiger charge is 2.28. The first-order valence-corrected chi connectivity index (χ1v) is 7.35. The van der Waals surface area contributed by atoms with Gasteiger partial charge in [-0.1, -0.05) is 0 Å². The zero-order valence-corrected chi connectivity index (χ0v) is 12.8. The fourth-order valence-corrected chi connectivity index (χ4v) is 2.40. The highest BCUT2D eigenvalue weighted by molar-refractivity contribution is 5.82. The molecule has 3 N–H and O–H groups in total. The quantitative estimate of drug-likeness (QED) is 0.631. The normalized spacial score (nSPS) is 24.2. The van der Waals surface area contributed by atoms with E-state index in [1.807, 2.05) is 0 Å². The molecule has 21 heavy (non-hydrogen) atoms. The number of hydrogen-bond acceptors (Lipinski definition) is 4. The van der Waals surface area contributed by atoms with Crippen molar-refractivity contribution < 1.29 is 24.5 Å². The lowest BCUT2D eigenvalue weighted by atomic mass is 9.98. The summed E-state index contributed by atoms with van der Waals surface area (Å²) < 4.78 is 4.89. The Bertz CT molecular complexity index is 359. The van der Waals surface area contributed by atoms with Crippen molar-refractivity contribution >= 4 is 12.0 Å². The Morgan fingerprint density at radius 3 is 2.71 bits per heavy atom. The van der Waals surface area contributed by atoms with Crippen LogP contribution in [0.2, 0.25) is 0 Å². The molecule has 7 heteroatoms. The van der Waals surface area contributed by atoms with E-state index in [0.29, 0.717) is 51.8 Å². The SMILES string of the molecule is COCCCC(NC(=O)N1CCCC(C)(O)CC1)C(=O)O. The van der Waals surface area contributed by atoms with Crippen molar-refractivity contribution in [3.05, 3.63) is 0 Å². The first-order chi connectivity index (χ1) is 9.85. The first kappa shape index (κ1) is 17.7. The van der Waals surface area contributed by atoms with Gasteiger partial charge >= 0.3 is 12.0 Å². The Kier molecular flexibility index (Phi) is 6.91. The van der Waals surface area contributed by atoms with Crippen LogP contribution in [0.5, 0.6) is 0 Å². The van der Waals surface area contributed by atoms with Crippen LogP contribution in [0.3, 0.4) is 0 Å². The third kappa shape index (κ3) is 6.31. The van der Waals surface area contributed by atoms with Crippen LogP contribution in [0.15, 0.2) is 0 Å². The number of aliphatic hydroxyl groups is 1. The van der Waals surface area contributed by atoms with Gasteiger partial charge in [0, 0.05) is 26.8 Å². The number of hydrogen-bond donors (Lipinski definition) is 3. The Morgan fingerprint density at radius 2 is 2.10 bits per heavy atom. The average molecular weight is 302 g/mol. The van der Waals surface area contributed by atoms with Gasteiger partial charge in [0.2, 0.25) is 0 Å². The number of nitrogens with zero attached hydrogens (tertiary/aromatic N) is 1. The first-order valence-electron chi connectivity index (χ1n) is 7.35. The molecule has 0 bridgehead atoms. The maximum atomic E-state index is 12.1. The lowest BCUT2D eigenvalue weighted by molar-refractivity contribution is -0.139. The molecule has 1 rings (SSSR count). The Hall–Kier alpha value is -1.34. The van der Waals surface area contributed by atoms with Crippen LogP contribution in [0.25, 0.3) is 0 Å². The zero-order chi connectivity index (χ0) is 15.9. The van der Waals surface area contributed by atoms with Crippen LogP contribution < -0.4 is 5.32 Å². The summed E-state index contributed by atoms with van der Waals surface area (Å²) in [4.78, 5) is 24.9. The van der Waals surface area contributed by atoms with Crippen LogP contribution in [0.1, 0.15) is 39.0 Å². The van der Waals surface area contributed by atoms with Gasteiger partial charge in [0.15, 0.2) is 0 Å². The zero-order valence-electron chi connectivity index (χ0n) is 12.8. The van der Waals surface area contributed by atoms with E-state index in [9.17, 15) is 14.7 Å². The highest BCUT2D eigenvalue weighted by Crippen LogP contribution is 2.21. The second-order valence-electron chi connectivity index (χ2n) is 5.81. The number of ether oxygens (including phenoxy) is 1. The van der Waals surface area contributed by atoms with Gasteiger partial charge in [0.1, 0.15) is 6.04 Å². The molecule has 0 aromatic carbocycles. The molecule has 1 fully saturated rings. The summed E-state index contributed by atoms with van der Waals surface area (Å²) in [6.07, 6.45) is 2.76. The van der Waals surface area contributed by atoms with Crippen molar-refractivity contribution in [3.63, 3.8) is 0 Å². The number of carboxylic acids is 1. The number of methoxy groups -OCH3 is 1. The number of carbonyl (C=O) groups excluding carboxylic acids is 1. The number of carboxylic acid groups (broad SMARTS) is 1. The number of aliphatic carboxylic acids is 1. The molecular weight excluding hydrogens is 276 g/mol. The maximum Gasteiger partial charge on any atom is 0.326 e. The Labute approximate surface area is 125 Å². The van der Waals surface area contributed by atoms with Crippen molar-refractivity contribution in [2.45, 2.75) is 50.7 Å². The van der Waals surface area contributed by atoms with Crippen molar-refractivity contribution in [2.24, 2.45) is 0 Å². The summed E-state index contributed by atoms with van der Waals surface area (Å²) in [5, 5.41) is 21.7. The van der Waals surface area contributed by atoms with Crippen LogP contribution in [-0.2, 0) is 9.53 Å². The second-order valence-corrected chi connectivity index (χ2v) is 5.81. The molecule has 122 valence electrons. The average Bonchev–Trinajstić information content (AvgIpc) is 2.58. The summed E-state index contributed by atoms with van der Waals surface area (Å²) >= 11 is 0. The number of urea groups is 1. The van der Waals surface area contributed by atoms with Crippen LogP contribution in [0, 0.1) is 0 Å². The summed E-state index contributed by atoms with van der Waals surface area (Å²) in [5.41, 5.74) is -0.750. The smallest absolute Gasteiger partial charge is 0.326 e. The summed E-state index contributed by atoms with van der Waals surface area (Å²) in [5.74, 6) is -1.04. The van der Waals surface area contributed by atoms with E-state index < -0.39 is 17.6 Å². The Balaban J connectivity index is 2.50. The largest absolute Gasteiger partial charge is 0.480 e. The second kappa shape index (κ2) is 8.19. The van der Waals surface area contributed by atoms with E-state index in [-0.39, 0.29) is 6.03 Å². The number of carbonyl (C=O) groups is 2. The van der Waals surface area contributed by atoms with Crippen LogP contribution >= 0.6 is 0 Å². The predicted molar refractivity (Wildman–Crippen MR) is 77.1 cm³/mol. The van der Waals surface area contributed by atoms with E-state index in [2.05, 4.69) is 5.32 Å². The van der Waals surface area contributed by atoms with E-state index in [1.165, 1.54) is 0 Å². The molecule has 7 nitrogen and oxygen atoms in total. The molecule has 0 spiro atoms. The third-order valence-electron chi connectivity index (χ3n) is 3.79. The Morgan fingerprint density at radius 1 is 1.38 bits per heavy atom. The molecule has 2 atom stereocenters. The molecule has 0 aromatic heterocycles. The van der Waals surface area contributed by atoms with Crippen molar-refractivity contribution in [1.29, 1.82) is 0 Å². The topological polar surface area (TPSA) is 99.1 Å². The third-order valence-corrected chi connectivity index (χ3v) is 3.79. The number of likely N-dealkylation sites (tertiary alicyclic amines) is 1. The van der Waals surface area contributed by atoms with E-state index in [1.54, 1.807) is 18.9 Å². The van der Waals surface area contributed by atoms with Crippen molar-refractivity contribution in [1.82, 2.24) is 10.2 Å². The van der Waals surface area contributed by atoms with Crippen LogP contribution in [0.4, 0.5) is 4.79 Å². The predicted octanol–water partition coefficient (Wildman–Crippen LogP) is 0.813. The fourth-order valence-electron chi connectivity index (χ4n) is 2.40. The van der Waals surface area contributed by atoms with Gasteiger partial charge in [-0.05, 0) is 39.0 Å². The van der Waals surface area contributed by atoms with Gasteiger partial charge in [-0.25, -0.2) is 9.59 Å². The molecule has 1 aliphatic rings. The van der Waals surface area contributed by atoms with Gasteiger partial charge < -0.3 is 25.2 Å². The summed E-state index contributed by atoms with van der Waals surface area (Å²) in [7, 11) is 1.55. The molecule has 1 saturated heterocycles. The monoisotopic (exact) mass is 302 g/mol. The van der Waals surface area contributed by atoms with Gasteiger partial charge in [0.25, 0.3) is 0 Å². The summed E-state index contributed by atoms with van der Waals surface area (Å²) in [6, 6.07) is -1.28. The molecular formula is C14H26N2O5. The van der Waals surface area contributed by atoms with Gasteiger partial charge in [-0.3, -0.25) is 0 Å². The van der Waals surface area contributed by atoms with E-state index >= 15 is 0 Å². The molecule has 0 aromatic rings. The molecule has 0 radical (unpaired) electrons. The molecule has 1 aliphatic heterocycles. The van der Waals surface area contributed by atoms with Gasteiger partial charge in [0.05, 0.1) is 5.60 Å². The van der Waals surface area contributed by atoms with Gasteiger partial charge in [-0.2, -0.15) is 0 Å². The lowest BCUT2D eigenvalue weighted by Gasteiger charge is -2.24. The number of nitrogens with one attached hydrogen (secondary N) is 1. The minimum atomic E-state index is -1.04. The van der Waals surface area contributed by atoms with Gasteiger partial charge in [-0.15, -0.1) is 0 Å². The fraction of sp³-hybridized carbons (Fsp3) is 0.857. The van der Waals surface area contributed by atoms with Crippen LogP contribution in [-0.4, -0.2) is 65.6 Å². The number of rotatable bonds is 6. The number of amides is 2. The molecule has 1 heterocycles.